The zero-order valence-corrected chi connectivity index (χ0v) is 21.4. The van der Waals surface area contributed by atoms with Crippen molar-refractivity contribution >= 4 is 17.9 Å². The fourth-order valence-corrected chi connectivity index (χ4v) is 2.92. The molecule has 0 saturated heterocycles. The lowest BCUT2D eigenvalue weighted by Gasteiger charge is -2.05. The Morgan fingerprint density at radius 2 is 1.57 bits per heavy atom. The molecule has 0 aliphatic heterocycles. The van der Waals surface area contributed by atoms with Crippen LogP contribution in [-0.2, 0) is 0 Å². The molecule has 0 saturated carbocycles. The van der Waals surface area contributed by atoms with Crippen molar-refractivity contribution in [2.24, 2.45) is 11.8 Å². The number of aromatic amines is 3. The summed E-state index contributed by atoms with van der Waals surface area (Å²) in [5.41, 5.74) is 4.00. The van der Waals surface area contributed by atoms with Crippen LogP contribution in [0.25, 0.3) is 17.3 Å². The Bertz CT molecular complexity index is 1210. The van der Waals surface area contributed by atoms with Gasteiger partial charge in [-0.15, -0.1) is 0 Å². The lowest BCUT2D eigenvalue weighted by Crippen LogP contribution is -2.27. The molecule has 5 N–H and O–H groups in total. The summed E-state index contributed by atoms with van der Waals surface area (Å²) in [6.45, 7) is 12.6. The zero-order valence-electron chi connectivity index (χ0n) is 21.4. The van der Waals surface area contributed by atoms with Gasteiger partial charge in [-0.3, -0.25) is 19.7 Å². The van der Waals surface area contributed by atoms with E-state index in [1.165, 1.54) is 13.0 Å². The predicted octanol–water partition coefficient (Wildman–Crippen LogP) is 4.66. The van der Waals surface area contributed by atoms with Gasteiger partial charge in [-0.2, -0.15) is 15.4 Å². The predicted molar refractivity (Wildman–Crippen MR) is 148 cm³/mol. The number of hydrogen-bond donors (Lipinski definition) is 5. The van der Waals surface area contributed by atoms with Gasteiger partial charge in [0.1, 0.15) is 17.1 Å². The number of aryl methyl sites for hydroxylation is 1. The maximum atomic E-state index is 11.8. The summed E-state index contributed by atoms with van der Waals surface area (Å²) in [6.07, 6.45) is 4.74. The summed E-state index contributed by atoms with van der Waals surface area (Å²) in [4.78, 5) is 39.3. The van der Waals surface area contributed by atoms with Crippen molar-refractivity contribution in [3.05, 3.63) is 63.0 Å². The van der Waals surface area contributed by atoms with Crippen LogP contribution in [0.2, 0.25) is 0 Å². The third-order valence-corrected chi connectivity index (χ3v) is 4.88. The second-order valence-corrected chi connectivity index (χ2v) is 9.16. The first-order valence-electron chi connectivity index (χ1n) is 11.6. The zero-order chi connectivity index (χ0) is 26.8. The topological polar surface area (TPSA) is 174 Å². The molecule has 0 aromatic carbocycles. The number of carbonyl (C=O) groups is 2. The van der Waals surface area contributed by atoms with Gasteiger partial charge in [0.2, 0.25) is 5.70 Å². The van der Waals surface area contributed by atoms with Crippen LogP contribution in [-0.4, -0.2) is 55.2 Å². The highest BCUT2D eigenvalue weighted by Gasteiger charge is 2.13. The van der Waals surface area contributed by atoms with E-state index in [0.29, 0.717) is 41.9 Å². The van der Waals surface area contributed by atoms with E-state index in [0.717, 1.165) is 17.0 Å². The Morgan fingerprint density at radius 3 is 2.05 bits per heavy atom. The van der Waals surface area contributed by atoms with Gasteiger partial charge in [-0.05, 0) is 36.5 Å². The van der Waals surface area contributed by atoms with E-state index in [9.17, 15) is 19.7 Å². The van der Waals surface area contributed by atoms with E-state index < -0.39 is 4.92 Å². The molecule has 3 aromatic heterocycles. The van der Waals surface area contributed by atoms with E-state index in [2.05, 4.69) is 49.9 Å². The minimum absolute atomic E-state index is 0. The number of H-pyrrole nitrogens is 3. The van der Waals surface area contributed by atoms with Gasteiger partial charge in [0.15, 0.2) is 0 Å². The van der Waals surface area contributed by atoms with Crippen molar-refractivity contribution in [1.29, 1.82) is 0 Å². The highest BCUT2D eigenvalue weighted by Crippen LogP contribution is 2.19. The van der Waals surface area contributed by atoms with Crippen molar-refractivity contribution in [2.75, 3.05) is 13.1 Å². The molecule has 0 fully saturated rings. The summed E-state index contributed by atoms with van der Waals surface area (Å²) < 4.78 is 0. The molecule has 0 radical (unpaired) electrons. The van der Waals surface area contributed by atoms with Gasteiger partial charge in [-0.1, -0.05) is 35.1 Å². The second kappa shape index (κ2) is 14.4. The second-order valence-electron chi connectivity index (χ2n) is 9.16. The maximum absolute atomic E-state index is 11.8. The molecule has 0 aliphatic carbocycles. The number of rotatable bonds is 9. The number of aromatic nitrogens is 5. The van der Waals surface area contributed by atoms with Crippen molar-refractivity contribution in [3.8, 4) is 11.3 Å². The molecule has 3 rings (SSSR count). The molecule has 0 spiro atoms. The van der Waals surface area contributed by atoms with Crippen LogP contribution < -0.4 is 10.6 Å². The van der Waals surface area contributed by atoms with Crippen molar-refractivity contribution in [1.82, 2.24) is 36.0 Å². The van der Waals surface area contributed by atoms with E-state index in [1.54, 1.807) is 24.5 Å². The van der Waals surface area contributed by atoms with E-state index in [1.807, 2.05) is 20.8 Å². The molecule has 0 aliphatic rings. The lowest BCUT2D eigenvalue weighted by atomic mass is 10.2. The van der Waals surface area contributed by atoms with Gasteiger partial charge >= 0.3 is 0 Å². The normalized spacial score (nSPS) is 11.0. The molecule has 206 valence electrons. The molecule has 3 heterocycles. The lowest BCUT2D eigenvalue weighted by molar-refractivity contribution is -0.422. The number of amides is 2. The summed E-state index contributed by atoms with van der Waals surface area (Å²) >= 11 is 0. The molecule has 0 bridgehead atoms. The van der Waals surface area contributed by atoms with Gasteiger partial charge in [0.05, 0.1) is 10.6 Å². The third-order valence-electron chi connectivity index (χ3n) is 4.88. The fourth-order valence-electron chi connectivity index (χ4n) is 2.92. The average molecular weight is 519 g/mol. The first-order valence-corrected chi connectivity index (χ1v) is 11.6. The molecule has 37 heavy (non-hydrogen) atoms. The number of allylic oxidation sites excluding steroid dienone is 1. The van der Waals surface area contributed by atoms with Gasteiger partial charge < -0.3 is 20.6 Å². The summed E-state index contributed by atoms with van der Waals surface area (Å²) in [7, 11) is 0. The Kier molecular flexibility index (Phi) is 12.0. The summed E-state index contributed by atoms with van der Waals surface area (Å²) in [5, 5.41) is 26.7. The van der Waals surface area contributed by atoms with Crippen LogP contribution in [0.4, 0.5) is 0 Å². The largest absolute Gasteiger partial charge is 0.357 e. The minimum Gasteiger partial charge on any atom is -0.357 e. The quantitative estimate of drug-likeness (QED) is 0.203. The molecule has 12 heteroatoms. The van der Waals surface area contributed by atoms with Crippen molar-refractivity contribution in [3.63, 3.8) is 0 Å². The van der Waals surface area contributed by atoms with E-state index in [-0.39, 0.29) is 27.8 Å². The molecule has 0 atom stereocenters. The smallest absolute Gasteiger partial charge is 0.267 e. The van der Waals surface area contributed by atoms with Crippen LogP contribution in [0.1, 0.15) is 77.1 Å². The molecule has 3 aromatic rings. The SMILES string of the molecule is C.C/C(=C/c1c[nH]c(C(=O)NCC(C)C)c1)[N+](=O)[O-].Cc1n[nH]nc1-c1c[nH]c(C(=O)NCC(C)C)c1.[HH].[HH]. The van der Waals surface area contributed by atoms with Crippen LogP contribution in [0.15, 0.2) is 30.2 Å². The van der Waals surface area contributed by atoms with Crippen LogP contribution in [0.3, 0.4) is 0 Å². The number of nitrogens with zero attached hydrogens (tertiary/aromatic N) is 3. The maximum Gasteiger partial charge on any atom is 0.267 e. The molecule has 12 nitrogen and oxygen atoms in total. The van der Waals surface area contributed by atoms with Crippen LogP contribution >= 0.6 is 0 Å². The van der Waals surface area contributed by atoms with E-state index in [4.69, 9.17) is 0 Å². The van der Waals surface area contributed by atoms with Gasteiger partial charge in [0, 0.05) is 46.9 Å². The Hall–Kier alpha value is -4.22. The van der Waals surface area contributed by atoms with Crippen molar-refractivity contribution < 1.29 is 17.4 Å². The standard InChI is InChI=1S/C12H17N5O.C12H17N3O3.CH4.2H2/c1-7(2)5-14-12(18)10-4-9(6-13-10)11-8(3)15-17-16-11;1-8(2)6-14-12(16)11-5-10(7-13-11)4-9(3)15(17)18;;;/h4,6-7,13H,5H2,1-3H3,(H,14,18)(H,15,16,17);4-5,7-8,13H,6H2,1-3H3,(H,14,16);1H4;2*1H/b;9-4-;;;. The van der Waals surface area contributed by atoms with Crippen molar-refractivity contribution in [2.45, 2.75) is 49.0 Å². The fraction of sp³-hybridized carbons (Fsp3) is 0.440. The molecule has 2 amide bonds. The number of hydrogen-bond acceptors (Lipinski definition) is 6. The molecular weight excluding hydrogens is 476 g/mol. The molecule has 0 unspecified atom stereocenters. The Labute approximate surface area is 219 Å². The van der Waals surface area contributed by atoms with Gasteiger partial charge in [0.25, 0.3) is 11.8 Å². The summed E-state index contributed by atoms with van der Waals surface area (Å²) in [6, 6.07) is 3.36. The minimum atomic E-state index is -0.467. The first kappa shape index (κ1) is 30.8. The molecular formula is C25H42N8O4. The summed E-state index contributed by atoms with van der Waals surface area (Å²) in [5.74, 6) is 0.499. The first-order chi connectivity index (χ1) is 17.0. The van der Waals surface area contributed by atoms with Crippen LogP contribution in [0, 0.1) is 28.9 Å². The number of carbonyl (C=O) groups excluding carboxylic acids is 2. The monoisotopic (exact) mass is 518 g/mol. The number of nitrogens with one attached hydrogen (secondary N) is 5. The number of nitro groups is 1. The average Bonchev–Trinajstić information content (AvgIpc) is 3.57. The van der Waals surface area contributed by atoms with E-state index >= 15 is 0 Å². The Balaban J connectivity index is 0. The highest BCUT2D eigenvalue weighted by atomic mass is 16.6. The Morgan fingerprint density at radius 1 is 1.03 bits per heavy atom. The van der Waals surface area contributed by atoms with Crippen LogP contribution in [0.5, 0.6) is 0 Å². The third kappa shape index (κ3) is 9.74. The highest BCUT2D eigenvalue weighted by molar-refractivity contribution is 5.94. The van der Waals surface area contributed by atoms with Gasteiger partial charge in [-0.25, -0.2) is 0 Å².